The Bertz CT molecular complexity index is 629. The number of amides is 1. The molecule has 1 aromatic rings. The molecular formula is C21H32N2O5. The van der Waals surface area contributed by atoms with Crippen LogP contribution in [-0.4, -0.2) is 73.4 Å². The molecule has 0 aliphatic carbocycles. The number of rotatable bonds is 7. The smallest absolute Gasteiger partial charge is 0.411 e. The van der Waals surface area contributed by atoms with Crippen LogP contribution in [0.1, 0.15) is 32.8 Å². The second-order valence-electron chi connectivity index (χ2n) is 7.91. The van der Waals surface area contributed by atoms with Gasteiger partial charge in [0, 0.05) is 32.8 Å². The van der Waals surface area contributed by atoms with E-state index in [4.69, 9.17) is 14.2 Å². The van der Waals surface area contributed by atoms with Crippen molar-refractivity contribution in [2.75, 3.05) is 39.9 Å². The molecule has 0 saturated carbocycles. The fraction of sp³-hybridized carbons (Fsp3) is 0.619. The molecule has 1 heterocycles. The summed E-state index contributed by atoms with van der Waals surface area (Å²) in [5.41, 5.74) is 0.546. The fourth-order valence-electron chi connectivity index (χ4n) is 3.07. The van der Waals surface area contributed by atoms with E-state index in [9.17, 15) is 9.59 Å². The zero-order valence-corrected chi connectivity index (χ0v) is 17.3. The van der Waals surface area contributed by atoms with Gasteiger partial charge in [-0.3, -0.25) is 9.80 Å². The molecule has 1 aliphatic rings. The number of carbonyl (C=O) groups excluding carboxylic acids is 2. The standard InChI is InChI=1S/C21H32N2O5/c1-21(2,3)28-20(25)23-13-12-22(15-18(23)19(24)26-4)11-8-14-27-16-17-9-6-5-7-10-17/h5-7,9-10,18H,8,11-16H2,1-4H3/t18-/m1/s1. The van der Waals surface area contributed by atoms with Crippen LogP contribution in [0, 0.1) is 0 Å². The van der Waals surface area contributed by atoms with Gasteiger partial charge < -0.3 is 14.2 Å². The van der Waals surface area contributed by atoms with Crippen LogP contribution < -0.4 is 0 Å². The number of piperazine rings is 1. The minimum atomic E-state index is -0.654. The molecule has 7 nitrogen and oxygen atoms in total. The van der Waals surface area contributed by atoms with Crippen molar-refractivity contribution in [2.24, 2.45) is 0 Å². The minimum Gasteiger partial charge on any atom is -0.467 e. The molecule has 0 aromatic heterocycles. The van der Waals surface area contributed by atoms with Gasteiger partial charge in [0.2, 0.25) is 0 Å². The van der Waals surface area contributed by atoms with Gasteiger partial charge in [-0.15, -0.1) is 0 Å². The van der Waals surface area contributed by atoms with Gasteiger partial charge in [-0.1, -0.05) is 30.3 Å². The van der Waals surface area contributed by atoms with Crippen LogP contribution >= 0.6 is 0 Å². The number of carbonyl (C=O) groups is 2. The van der Waals surface area contributed by atoms with Crippen LogP contribution in [0.25, 0.3) is 0 Å². The Morgan fingerprint density at radius 2 is 1.86 bits per heavy atom. The molecule has 0 radical (unpaired) electrons. The lowest BCUT2D eigenvalue weighted by Gasteiger charge is -2.40. The first kappa shape index (κ1) is 22.2. The number of esters is 1. The summed E-state index contributed by atoms with van der Waals surface area (Å²) in [6.45, 7) is 9.01. The summed E-state index contributed by atoms with van der Waals surface area (Å²) in [5, 5.41) is 0. The second kappa shape index (κ2) is 10.4. The molecule has 0 spiro atoms. The largest absolute Gasteiger partial charge is 0.467 e. The van der Waals surface area contributed by atoms with Gasteiger partial charge >= 0.3 is 12.1 Å². The molecule has 1 saturated heterocycles. The number of hydrogen-bond donors (Lipinski definition) is 0. The van der Waals surface area contributed by atoms with E-state index in [1.54, 1.807) is 0 Å². The van der Waals surface area contributed by atoms with Crippen LogP contribution in [0.5, 0.6) is 0 Å². The van der Waals surface area contributed by atoms with Crippen molar-refractivity contribution in [1.82, 2.24) is 9.80 Å². The summed E-state index contributed by atoms with van der Waals surface area (Å²) in [6, 6.07) is 9.40. The monoisotopic (exact) mass is 392 g/mol. The van der Waals surface area contributed by atoms with E-state index < -0.39 is 23.7 Å². The lowest BCUT2D eigenvalue weighted by Crippen LogP contribution is -2.59. The topological polar surface area (TPSA) is 68.3 Å². The highest BCUT2D eigenvalue weighted by Crippen LogP contribution is 2.17. The highest BCUT2D eigenvalue weighted by molar-refractivity contribution is 5.82. The molecule has 0 bridgehead atoms. The lowest BCUT2D eigenvalue weighted by atomic mass is 10.1. The molecule has 2 rings (SSSR count). The quantitative estimate of drug-likeness (QED) is 0.525. The Kier molecular flexibility index (Phi) is 8.26. The van der Waals surface area contributed by atoms with Gasteiger partial charge in [0.15, 0.2) is 0 Å². The van der Waals surface area contributed by atoms with Gasteiger partial charge in [0.05, 0.1) is 13.7 Å². The van der Waals surface area contributed by atoms with E-state index in [0.29, 0.717) is 32.8 Å². The van der Waals surface area contributed by atoms with Crippen molar-refractivity contribution >= 4 is 12.1 Å². The number of hydrogen-bond acceptors (Lipinski definition) is 6. The molecule has 28 heavy (non-hydrogen) atoms. The molecule has 1 amide bonds. The lowest BCUT2D eigenvalue weighted by molar-refractivity contribution is -0.149. The first-order chi connectivity index (χ1) is 13.3. The third kappa shape index (κ3) is 7.13. The van der Waals surface area contributed by atoms with Crippen molar-refractivity contribution < 1.29 is 23.8 Å². The van der Waals surface area contributed by atoms with Gasteiger partial charge in [-0.25, -0.2) is 9.59 Å². The third-order valence-corrected chi connectivity index (χ3v) is 4.44. The van der Waals surface area contributed by atoms with Crippen LogP contribution in [0.3, 0.4) is 0 Å². The zero-order chi connectivity index (χ0) is 20.6. The number of methoxy groups -OCH3 is 1. The third-order valence-electron chi connectivity index (χ3n) is 4.44. The van der Waals surface area contributed by atoms with Crippen LogP contribution in [0.2, 0.25) is 0 Å². The Hall–Kier alpha value is -2.12. The summed E-state index contributed by atoms with van der Waals surface area (Å²) in [6.07, 6.45) is 0.376. The number of nitrogens with zero attached hydrogens (tertiary/aromatic N) is 2. The number of benzene rings is 1. The van der Waals surface area contributed by atoms with E-state index >= 15 is 0 Å². The minimum absolute atomic E-state index is 0.420. The highest BCUT2D eigenvalue weighted by atomic mass is 16.6. The van der Waals surface area contributed by atoms with Gasteiger partial charge in [0.25, 0.3) is 0 Å². The molecule has 156 valence electrons. The van der Waals surface area contributed by atoms with Crippen LogP contribution in [0.15, 0.2) is 30.3 Å². The average molecular weight is 392 g/mol. The normalized spacial score (nSPS) is 18.0. The fourth-order valence-corrected chi connectivity index (χ4v) is 3.07. The zero-order valence-electron chi connectivity index (χ0n) is 17.3. The first-order valence-corrected chi connectivity index (χ1v) is 9.71. The summed E-state index contributed by atoms with van der Waals surface area (Å²) in [7, 11) is 1.34. The van der Waals surface area contributed by atoms with Crippen molar-refractivity contribution in [3.05, 3.63) is 35.9 Å². The van der Waals surface area contributed by atoms with E-state index in [1.165, 1.54) is 12.0 Å². The maximum atomic E-state index is 12.4. The molecule has 0 unspecified atom stereocenters. The number of ether oxygens (including phenoxy) is 3. The predicted octanol–water partition coefficient (Wildman–Crippen LogP) is 2.69. The Balaban J connectivity index is 1.79. The molecule has 1 fully saturated rings. The maximum absolute atomic E-state index is 12.4. The van der Waals surface area contributed by atoms with Crippen LogP contribution in [-0.2, 0) is 25.6 Å². The average Bonchev–Trinajstić information content (AvgIpc) is 2.66. The maximum Gasteiger partial charge on any atom is 0.411 e. The molecule has 1 aliphatic heterocycles. The van der Waals surface area contributed by atoms with E-state index in [-0.39, 0.29) is 0 Å². The molecule has 1 atom stereocenters. The Morgan fingerprint density at radius 3 is 2.50 bits per heavy atom. The van der Waals surface area contributed by atoms with E-state index in [1.807, 2.05) is 51.1 Å². The molecule has 7 heteroatoms. The van der Waals surface area contributed by atoms with Gasteiger partial charge in [0.1, 0.15) is 11.6 Å². The SMILES string of the molecule is COC(=O)[C@H]1CN(CCCOCc2ccccc2)CCN1C(=O)OC(C)(C)C. The summed E-state index contributed by atoms with van der Waals surface area (Å²) in [5.74, 6) is -0.420. The molecule has 1 aromatic carbocycles. The molecular weight excluding hydrogens is 360 g/mol. The van der Waals surface area contributed by atoms with Crippen molar-refractivity contribution in [3.8, 4) is 0 Å². The highest BCUT2D eigenvalue weighted by Gasteiger charge is 2.38. The van der Waals surface area contributed by atoms with Gasteiger partial charge in [-0.05, 0) is 32.8 Å². The Morgan fingerprint density at radius 1 is 1.14 bits per heavy atom. The van der Waals surface area contributed by atoms with E-state index in [2.05, 4.69) is 4.90 Å². The van der Waals surface area contributed by atoms with Crippen LogP contribution in [0.4, 0.5) is 4.79 Å². The summed E-state index contributed by atoms with van der Waals surface area (Å²) in [4.78, 5) is 28.3. The second-order valence-corrected chi connectivity index (χ2v) is 7.91. The summed E-state index contributed by atoms with van der Waals surface area (Å²) >= 11 is 0. The van der Waals surface area contributed by atoms with Crippen molar-refractivity contribution in [1.29, 1.82) is 0 Å². The first-order valence-electron chi connectivity index (χ1n) is 9.71. The molecule has 0 N–H and O–H groups in total. The van der Waals surface area contributed by atoms with Crippen molar-refractivity contribution in [3.63, 3.8) is 0 Å². The van der Waals surface area contributed by atoms with Crippen molar-refractivity contribution in [2.45, 2.75) is 45.4 Å². The summed E-state index contributed by atoms with van der Waals surface area (Å²) < 4.78 is 16.1. The predicted molar refractivity (Wildman–Crippen MR) is 106 cm³/mol. The van der Waals surface area contributed by atoms with Gasteiger partial charge in [-0.2, -0.15) is 0 Å². The Labute approximate surface area is 167 Å². The van der Waals surface area contributed by atoms with E-state index in [0.717, 1.165) is 18.5 Å².